The van der Waals surface area contributed by atoms with Crippen LogP contribution in [0.2, 0.25) is 0 Å². The first-order chi connectivity index (χ1) is 9.37. The second-order valence-electron chi connectivity index (χ2n) is 5.40. The normalized spacial score (nSPS) is 20.9. The molecule has 2 heterocycles. The van der Waals surface area contributed by atoms with Gasteiger partial charge in [0.1, 0.15) is 0 Å². The van der Waals surface area contributed by atoms with Gasteiger partial charge in [0.15, 0.2) is 5.03 Å². The fourth-order valence-corrected chi connectivity index (χ4v) is 4.01. The van der Waals surface area contributed by atoms with Crippen LogP contribution in [0, 0.1) is 6.92 Å². The predicted molar refractivity (Wildman–Crippen MR) is 76.7 cm³/mol. The molecule has 0 radical (unpaired) electrons. The molecule has 8 heteroatoms. The van der Waals surface area contributed by atoms with Gasteiger partial charge in [0.25, 0.3) is 10.0 Å². The van der Waals surface area contributed by atoms with Crippen LogP contribution >= 0.6 is 0 Å². The number of likely N-dealkylation sites (N-methyl/N-ethyl adjacent to an activating group) is 2. The summed E-state index contributed by atoms with van der Waals surface area (Å²) in [6.07, 6.45) is 2.14. The number of likely N-dealkylation sites (tertiary alicyclic amines) is 1. The van der Waals surface area contributed by atoms with Gasteiger partial charge < -0.3 is 10.6 Å². The molecule has 1 aliphatic rings. The molecule has 1 atom stereocenters. The lowest BCUT2D eigenvalue weighted by Gasteiger charge is -2.25. The first-order valence-corrected chi connectivity index (χ1v) is 8.22. The standard InChI is InChI=1S/C12H23N5O2S/c1-9-11(7-13)12(15-14-9)20(18,19)17(3)8-10-5-4-6-16(10)2/h10H,4-8,13H2,1-3H3,(H,14,15). The minimum atomic E-state index is -3.59. The maximum absolute atomic E-state index is 12.6. The minimum absolute atomic E-state index is 0.0562. The summed E-state index contributed by atoms with van der Waals surface area (Å²) in [5.74, 6) is 0. The van der Waals surface area contributed by atoms with Crippen molar-refractivity contribution in [2.24, 2.45) is 5.73 Å². The molecule has 114 valence electrons. The van der Waals surface area contributed by atoms with Crippen molar-refractivity contribution in [2.75, 3.05) is 27.2 Å². The van der Waals surface area contributed by atoms with Crippen LogP contribution in [-0.2, 0) is 16.6 Å². The number of aryl methyl sites for hydroxylation is 1. The second-order valence-corrected chi connectivity index (χ2v) is 7.36. The van der Waals surface area contributed by atoms with Gasteiger partial charge in [-0.05, 0) is 33.4 Å². The van der Waals surface area contributed by atoms with Gasteiger partial charge in [0, 0.05) is 37.4 Å². The number of rotatable bonds is 5. The minimum Gasteiger partial charge on any atom is -0.326 e. The molecule has 7 nitrogen and oxygen atoms in total. The molecule has 1 unspecified atom stereocenters. The van der Waals surface area contributed by atoms with Crippen molar-refractivity contribution in [3.8, 4) is 0 Å². The Morgan fingerprint density at radius 1 is 1.55 bits per heavy atom. The number of aromatic amines is 1. The monoisotopic (exact) mass is 301 g/mol. The van der Waals surface area contributed by atoms with Crippen LogP contribution < -0.4 is 5.73 Å². The maximum atomic E-state index is 12.6. The number of aromatic nitrogens is 2. The number of hydrogen-bond donors (Lipinski definition) is 2. The van der Waals surface area contributed by atoms with Gasteiger partial charge in [-0.3, -0.25) is 5.10 Å². The lowest BCUT2D eigenvalue weighted by molar-refractivity contribution is 0.270. The van der Waals surface area contributed by atoms with Gasteiger partial charge in [-0.1, -0.05) is 0 Å². The summed E-state index contributed by atoms with van der Waals surface area (Å²) in [7, 11) is 0.0454. The fraction of sp³-hybridized carbons (Fsp3) is 0.750. The molecule has 2 rings (SSSR count). The summed E-state index contributed by atoms with van der Waals surface area (Å²) < 4.78 is 26.6. The van der Waals surface area contributed by atoms with E-state index in [2.05, 4.69) is 15.1 Å². The van der Waals surface area contributed by atoms with Crippen molar-refractivity contribution in [3.05, 3.63) is 11.3 Å². The topological polar surface area (TPSA) is 95.3 Å². The zero-order valence-corrected chi connectivity index (χ0v) is 13.1. The molecule has 0 aromatic carbocycles. The number of hydrogen-bond acceptors (Lipinski definition) is 5. The highest BCUT2D eigenvalue weighted by Gasteiger charge is 2.31. The summed E-state index contributed by atoms with van der Waals surface area (Å²) in [6.45, 7) is 3.44. The van der Waals surface area contributed by atoms with E-state index in [4.69, 9.17) is 5.73 Å². The average molecular weight is 301 g/mol. The van der Waals surface area contributed by atoms with E-state index in [0.29, 0.717) is 17.8 Å². The van der Waals surface area contributed by atoms with Gasteiger partial charge in [-0.2, -0.15) is 9.40 Å². The molecule has 1 saturated heterocycles. The Labute approximate surface area is 120 Å². The predicted octanol–water partition coefficient (Wildman–Crippen LogP) is -0.108. The highest BCUT2D eigenvalue weighted by Crippen LogP contribution is 2.22. The summed E-state index contributed by atoms with van der Waals surface area (Å²) in [5.41, 5.74) is 6.90. The largest absolute Gasteiger partial charge is 0.326 e. The second kappa shape index (κ2) is 5.80. The van der Waals surface area contributed by atoms with Crippen LogP contribution in [0.3, 0.4) is 0 Å². The summed E-state index contributed by atoms with van der Waals surface area (Å²) in [6, 6.07) is 0.274. The van der Waals surface area contributed by atoms with E-state index in [-0.39, 0.29) is 17.6 Å². The third-order valence-electron chi connectivity index (χ3n) is 4.03. The number of H-pyrrole nitrogens is 1. The Morgan fingerprint density at radius 2 is 2.25 bits per heavy atom. The molecule has 0 amide bonds. The van der Waals surface area contributed by atoms with E-state index in [0.717, 1.165) is 19.4 Å². The molecular weight excluding hydrogens is 278 g/mol. The van der Waals surface area contributed by atoms with Crippen molar-refractivity contribution in [3.63, 3.8) is 0 Å². The van der Waals surface area contributed by atoms with Crippen LogP contribution in [0.5, 0.6) is 0 Å². The van der Waals surface area contributed by atoms with Gasteiger partial charge in [-0.15, -0.1) is 0 Å². The fourth-order valence-electron chi connectivity index (χ4n) is 2.64. The Morgan fingerprint density at radius 3 is 2.80 bits per heavy atom. The van der Waals surface area contributed by atoms with Gasteiger partial charge >= 0.3 is 0 Å². The summed E-state index contributed by atoms with van der Waals surface area (Å²) in [5, 5.41) is 6.69. The van der Waals surface area contributed by atoms with E-state index in [1.165, 1.54) is 4.31 Å². The Balaban J connectivity index is 2.21. The molecule has 3 N–H and O–H groups in total. The Kier molecular flexibility index (Phi) is 4.48. The van der Waals surface area contributed by atoms with Gasteiger partial charge in [0.05, 0.1) is 0 Å². The highest BCUT2D eigenvalue weighted by molar-refractivity contribution is 7.89. The average Bonchev–Trinajstić information content (AvgIpc) is 2.96. The van der Waals surface area contributed by atoms with Crippen LogP contribution in [0.1, 0.15) is 24.1 Å². The van der Waals surface area contributed by atoms with E-state index in [9.17, 15) is 8.42 Å². The molecule has 0 spiro atoms. The highest BCUT2D eigenvalue weighted by atomic mass is 32.2. The maximum Gasteiger partial charge on any atom is 0.262 e. The number of sulfonamides is 1. The number of nitrogens with zero attached hydrogens (tertiary/aromatic N) is 3. The zero-order valence-electron chi connectivity index (χ0n) is 12.3. The third-order valence-corrected chi connectivity index (χ3v) is 5.83. The zero-order chi connectivity index (χ0) is 14.9. The van der Waals surface area contributed by atoms with Gasteiger partial charge in [-0.25, -0.2) is 8.42 Å². The van der Waals surface area contributed by atoms with E-state index < -0.39 is 10.0 Å². The molecule has 1 aromatic heterocycles. The molecule has 1 fully saturated rings. The first kappa shape index (κ1) is 15.4. The Bertz CT molecular complexity index is 568. The lowest BCUT2D eigenvalue weighted by atomic mass is 10.2. The Hall–Kier alpha value is -0.960. The third kappa shape index (κ3) is 2.73. The van der Waals surface area contributed by atoms with Crippen molar-refractivity contribution in [1.82, 2.24) is 19.4 Å². The van der Waals surface area contributed by atoms with Crippen LogP contribution in [0.25, 0.3) is 0 Å². The van der Waals surface area contributed by atoms with Crippen molar-refractivity contribution in [2.45, 2.75) is 37.4 Å². The molecule has 0 saturated carbocycles. The van der Waals surface area contributed by atoms with Crippen molar-refractivity contribution < 1.29 is 8.42 Å². The molecule has 1 aromatic rings. The molecule has 20 heavy (non-hydrogen) atoms. The van der Waals surface area contributed by atoms with Crippen molar-refractivity contribution >= 4 is 10.0 Å². The summed E-state index contributed by atoms with van der Waals surface area (Å²) >= 11 is 0. The first-order valence-electron chi connectivity index (χ1n) is 6.78. The summed E-state index contributed by atoms with van der Waals surface area (Å²) in [4.78, 5) is 2.20. The molecule has 1 aliphatic heterocycles. The van der Waals surface area contributed by atoms with Gasteiger partial charge in [0.2, 0.25) is 0 Å². The van der Waals surface area contributed by atoms with E-state index in [1.807, 2.05) is 7.05 Å². The van der Waals surface area contributed by atoms with Crippen LogP contribution in [-0.4, -0.2) is 61.0 Å². The number of nitrogens with one attached hydrogen (secondary N) is 1. The molecule has 0 aliphatic carbocycles. The van der Waals surface area contributed by atoms with E-state index in [1.54, 1.807) is 14.0 Å². The van der Waals surface area contributed by atoms with E-state index >= 15 is 0 Å². The SMILES string of the molecule is Cc1[nH]nc(S(=O)(=O)N(C)CC2CCCN2C)c1CN. The van der Waals surface area contributed by atoms with Crippen LogP contribution in [0.15, 0.2) is 5.03 Å². The quantitative estimate of drug-likeness (QED) is 0.791. The lowest BCUT2D eigenvalue weighted by Crippen LogP contribution is -2.39. The molecular formula is C12H23N5O2S. The molecule has 0 bridgehead atoms. The van der Waals surface area contributed by atoms with Crippen molar-refractivity contribution in [1.29, 1.82) is 0 Å². The van der Waals surface area contributed by atoms with Crippen LogP contribution in [0.4, 0.5) is 0 Å². The number of nitrogens with two attached hydrogens (primary N) is 1. The smallest absolute Gasteiger partial charge is 0.262 e.